The van der Waals surface area contributed by atoms with Gasteiger partial charge in [-0.1, -0.05) is 40.3 Å². The lowest BCUT2D eigenvalue weighted by Gasteiger charge is -2.11. The highest BCUT2D eigenvalue weighted by molar-refractivity contribution is 14.1. The van der Waals surface area contributed by atoms with Crippen LogP contribution in [-0.4, -0.2) is 0 Å². The van der Waals surface area contributed by atoms with Crippen molar-refractivity contribution in [1.29, 1.82) is 0 Å². The first-order chi connectivity index (χ1) is 6.22. The summed E-state index contributed by atoms with van der Waals surface area (Å²) in [6.45, 7) is 4.45. The molecule has 1 aliphatic carbocycles. The van der Waals surface area contributed by atoms with Crippen LogP contribution in [0.4, 0.5) is 0 Å². The van der Waals surface area contributed by atoms with Crippen molar-refractivity contribution in [3.63, 3.8) is 0 Å². The van der Waals surface area contributed by atoms with Gasteiger partial charge in [-0.3, -0.25) is 0 Å². The number of benzene rings is 1. The van der Waals surface area contributed by atoms with Crippen LogP contribution in [0.5, 0.6) is 0 Å². The Labute approximate surface area is 93.9 Å². The summed E-state index contributed by atoms with van der Waals surface area (Å²) in [7, 11) is 0. The molecule has 0 unspecified atom stereocenters. The zero-order valence-electron chi connectivity index (χ0n) is 8.23. The summed E-state index contributed by atoms with van der Waals surface area (Å²) in [6.07, 6.45) is 2.82. The summed E-state index contributed by atoms with van der Waals surface area (Å²) >= 11 is 2.48. The molecule has 0 heterocycles. The van der Waals surface area contributed by atoms with Gasteiger partial charge in [0.2, 0.25) is 0 Å². The molecule has 70 valence electrons. The van der Waals surface area contributed by atoms with Crippen molar-refractivity contribution >= 4 is 22.6 Å². The smallest absolute Gasteiger partial charge is 0.0252 e. The monoisotopic (exact) mass is 286 g/mol. The molecule has 1 aliphatic rings. The fourth-order valence-corrected chi connectivity index (χ4v) is 3.01. The predicted molar refractivity (Wildman–Crippen MR) is 65.6 cm³/mol. The Morgan fingerprint density at radius 2 is 2.00 bits per heavy atom. The second-order valence-corrected chi connectivity index (χ2v) is 4.82. The van der Waals surface area contributed by atoms with Crippen LogP contribution in [0, 0.1) is 13.8 Å². The van der Waals surface area contributed by atoms with Gasteiger partial charge in [0, 0.05) is 4.43 Å². The molecule has 0 N–H and O–H groups in total. The molecule has 1 aromatic carbocycles. The highest BCUT2D eigenvalue weighted by Crippen LogP contribution is 2.43. The highest BCUT2D eigenvalue weighted by Gasteiger charge is 2.26. The summed E-state index contributed by atoms with van der Waals surface area (Å²) in [4.78, 5) is 0. The van der Waals surface area contributed by atoms with E-state index in [-0.39, 0.29) is 0 Å². The summed E-state index contributed by atoms with van der Waals surface area (Å²) in [5.41, 5.74) is 6.13. The first-order valence-corrected chi connectivity index (χ1v) is 6.41. The molecular formula is C12H15I. The molecule has 1 heteroatoms. The fourth-order valence-electron chi connectivity index (χ4n) is 1.97. The van der Waals surface area contributed by atoms with Crippen molar-refractivity contribution < 1.29 is 0 Å². The Balaban J connectivity index is 2.50. The minimum atomic E-state index is 0.892. The van der Waals surface area contributed by atoms with E-state index in [0.717, 1.165) is 10.3 Å². The first-order valence-electron chi connectivity index (χ1n) is 4.88. The summed E-state index contributed by atoms with van der Waals surface area (Å²) in [6, 6.07) is 4.69. The number of halogens is 1. The van der Waals surface area contributed by atoms with Gasteiger partial charge in [0.15, 0.2) is 0 Å². The second kappa shape index (κ2) is 3.60. The van der Waals surface area contributed by atoms with E-state index >= 15 is 0 Å². The minimum absolute atomic E-state index is 0.892. The van der Waals surface area contributed by atoms with Crippen molar-refractivity contribution in [2.24, 2.45) is 0 Å². The molecule has 0 amide bonds. The van der Waals surface area contributed by atoms with E-state index < -0.39 is 0 Å². The number of alkyl halides is 1. The Hall–Kier alpha value is -0.0500. The Morgan fingerprint density at radius 1 is 1.31 bits per heavy atom. The van der Waals surface area contributed by atoms with E-state index in [1.807, 2.05) is 0 Å². The molecule has 1 saturated carbocycles. The number of hydrogen-bond donors (Lipinski definition) is 0. The first kappa shape index (κ1) is 9.50. The van der Waals surface area contributed by atoms with Gasteiger partial charge in [-0.05, 0) is 49.3 Å². The molecular weight excluding hydrogens is 271 g/mol. The van der Waals surface area contributed by atoms with Crippen LogP contribution in [0.25, 0.3) is 0 Å². The van der Waals surface area contributed by atoms with Gasteiger partial charge in [0.1, 0.15) is 0 Å². The van der Waals surface area contributed by atoms with Gasteiger partial charge >= 0.3 is 0 Å². The molecule has 13 heavy (non-hydrogen) atoms. The molecule has 0 radical (unpaired) electrons. The standard InChI is InChI=1S/C12H15I/c1-8-5-9(2)12(7-13)11(6-8)10-3-4-10/h5-6,10H,3-4,7H2,1-2H3. The van der Waals surface area contributed by atoms with Crippen LogP contribution < -0.4 is 0 Å². The van der Waals surface area contributed by atoms with Gasteiger partial charge in [-0.15, -0.1) is 0 Å². The molecule has 0 nitrogen and oxygen atoms in total. The van der Waals surface area contributed by atoms with Gasteiger partial charge in [-0.2, -0.15) is 0 Å². The molecule has 0 spiro atoms. The number of rotatable bonds is 2. The average Bonchev–Trinajstić information content (AvgIpc) is 2.85. The lowest BCUT2D eigenvalue weighted by Crippen LogP contribution is -1.94. The van der Waals surface area contributed by atoms with Crippen LogP contribution in [0.3, 0.4) is 0 Å². The van der Waals surface area contributed by atoms with Crippen molar-refractivity contribution in [3.05, 3.63) is 34.4 Å². The maximum Gasteiger partial charge on any atom is 0.0252 e. The summed E-state index contributed by atoms with van der Waals surface area (Å²) in [5.74, 6) is 0.892. The normalized spacial score (nSPS) is 16.2. The van der Waals surface area contributed by atoms with Gasteiger partial charge < -0.3 is 0 Å². The lowest BCUT2D eigenvalue weighted by molar-refractivity contribution is 1.07. The van der Waals surface area contributed by atoms with Crippen LogP contribution >= 0.6 is 22.6 Å². The number of hydrogen-bond acceptors (Lipinski definition) is 0. The van der Waals surface area contributed by atoms with Crippen molar-refractivity contribution in [3.8, 4) is 0 Å². The highest BCUT2D eigenvalue weighted by atomic mass is 127. The molecule has 0 aromatic heterocycles. The molecule has 1 aromatic rings. The Kier molecular flexibility index (Phi) is 2.63. The van der Waals surface area contributed by atoms with Gasteiger partial charge in [0.25, 0.3) is 0 Å². The molecule has 0 aliphatic heterocycles. The molecule has 2 rings (SSSR count). The third-order valence-corrected chi connectivity index (χ3v) is 3.57. The van der Waals surface area contributed by atoms with Crippen molar-refractivity contribution in [2.75, 3.05) is 0 Å². The molecule has 0 saturated heterocycles. The third-order valence-electron chi connectivity index (χ3n) is 2.80. The maximum atomic E-state index is 2.48. The van der Waals surface area contributed by atoms with E-state index in [1.54, 1.807) is 11.1 Å². The van der Waals surface area contributed by atoms with Crippen molar-refractivity contribution in [1.82, 2.24) is 0 Å². The quantitative estimate of drug-likeness (QED) is 0.567. The van der Waals surface area contributed by atoms with Crippen LogP contribution in [0.15, 0.2) is 12.1 Å². The SMILES string of the molecule is Cc1cc(C)c(CI)c(C2CC2)c1. The largest absolute Gasteiger partial charge is 0.0812 e. The average molecular weight is 286 g/mol. The van der Waals surface area contributed by atoms with Crippen molar-refractivity contribution in [2.45, 2.75) is 37.0 Å². The van der Waals surface area contributed by atoms with E-state index in [9.17, 15) is 0 Å². The molecule has 0 atom stereocenters. The lowest BCUT2D eigenvalue weighted by atomic mass is 9.97. The van der Waals surface area contributed by atoms with Crippen LogP contribution in [-0.2, 0) is 4.43 Å². The Morgan fingerprint density at radius 3 is 2.54 bits per heavy atom. The zero-order valence-corrected chi connectivity index (χ0v) is 10.4. The van der Waals surface area contributed by atoms with Crippen LogP contribution in [0.2, 0.25) is 0 Å². The van der Waals surface area contributed by atoms with E-state index in [1.165, 1.54) is 24.0 Å². The summed E-state index contributed by atoms with van der Waals surface area (Å²) in [5, 5.41) is 0. The second-order valence-electron chi connectivity index (χ2n) is 4.06. The topological polar surface area (TPSA) is 0 Å². The third kappa shape index (κ3) is 1.90. The predicted octanol–water partition coefficient (Wildman–Crippen LogP) is 4.12. The fraction of sp³-hybridized carbons (Fsp3) is 0.500. The minimum Gasteiger partial charge on any atom is -0.0812 e. The van der Waals surface area contributed by atoms with E-state index in [0.29, 0.717) is 0 Å². The van der Waals surface area contributed by atoms with E-state index in [2.05, 4.69) is 48.6 Å². The Bertz CT molecular complexity index is 324. The molecule has 1 fully saturated rings. The van der Waals surface area contributed by atoms with Crippen LogP contribution in [0.1, 0.15) is 41.0 Å². The summed E-state index contributed by atoms with van der Waals surface area (Å²) < 4.78 is 1.16. The van der Waals surface area contributed by atoms with E-state index in [4.69, 9.17) is 0 Å². The number of aryl methyl sites for hydroxylation is 2. The van der Waals surface area contributed by atoms with Gasteiger partial charge in [-0.25, -0.2) is 0 Å². The maximum absolute atomic E-state index is 2.48. The van der Waals surface area contributed by atoms with Gasteiger partial charge in [0.05, 0.1) is 0 Å². The molecule has 0 bridgehead atoms. The zero-order chi connectivity index (χ0) is 9.42.